The van der Waals surface area contributed by atoms with E-state index in [1.54, 1.807) is 11.3 Å². The lowest BCUT2D eigenvalue weighted by atomic mass is 10.0. The summed E-state index contributed by atoms with van der Waals surface area (Å²) >= 11 is 1.75. The minimum absolute atomic E-state index is 0.0705. The summed E-state index contributed by atoms with van der Waals surface area (Å²) in [6, 6.07) is 18.8. The summed E-state index contributed by atoms with van der Waals surface area (Å²) in [5.41, 5.74) is 1.07. The minimum Gasteiger partial charge on any atom is -0.379 e. The molecule has 1 aliphatic heterocycles. The number of hydrogen-bond donors (Lipinski definition) is 1. The fourth-order valence-electron chi connectivity index (χ4n) is 3.67. The standard InChI is InChI=1S/C22H24N2O2S/c25-22(15-18-7-3-6-17-5-1-2-8-19(17)18)23-16-20(21-9-4-14-27-21)24-10-12-26-13-11-24/h1-9,14,20H,10-13,15-16H2,(H,23,25)/t20-/m0/s1. The number of benzene rings is 2. The lowest BCUT2D eigenvalue weighted by Gasteiger charge is -2.34. The first-order valence-electron chi connectivity index (χ1n) is 9.40. The fourth-order valence-corrected chi connectivity index (χ4v) is 4.53. The second-order valence-electron chi connectivity index (χ2n) is 6.80. The van der Waals surface area contributed by atoms with Gasteiger partial charge in [-0.3, -0.25) is 9.69 Å². The van der Waals surface area contributed by atoms with E-state index >= 15 is 0 Å². The van der Waals surface area contributed by atoms with Crippen LogP contribution in [0.15, 0.2) is 60.0 Å². The number of nitrogens with zero attached hydrogens (tertiary/aromatic N) is 1. The van der Waals surface area contributed by atoms with Crippen LogP contribution in [0.1, 0.15) is 16.5 Å². The van der Waals surface area contributed by atoms with Crippen molar-refractivity contribution in [3.63, 3.8) is 0 Å². The van der Waals surface area contributed by atoms with Crippen LogP contribution < -0.4 is 5.32 Å². The first-order chi connectivity index (χ1) is 13.3. The smallest absolute Gasteiger partial charge is 0.224 e. The third-order valence-corrected chi connectivity index (χ3v) is 6.06. The largest absolute Gasteiger partial charge is 0.379 e. The molecule has 1 aromatic heterocycles. The van der Waals surface area contributed by atoms with Crippen LogP contribution in [0.5, 0.6) is 0 Å². The van der Waals surface area contributed by atoms with E-state index in [0.29, 0.717) is 13.0 Å². The summed E-state index contributed by atoms with van der Waals surface area (Å²) in [6.07, 6.45) is 0.404. The molecule has 1 atom stereocenters. The third kappa shape index (κ3) is 4.38. The van der Waals surface area contributed by atoms with Gasteiger partial charge < -0.3 is 10.1 Å². The summed E-state index contributed by atoms with van der Waals surface area (Å²) in [4.78, 5) is 16.4. The highest BCUT2D eigenvalue weighted by molar-refractivity contribution is 7.10. The second kappa shape index (κ2) is 8.65. The molecule has 140 valence electrons. The van der Waals surface area contributed by atoms with Crippen LogP contribution in [0.4, 0.5) is 0 Å². The van der Waals surface area contributed by atoms with Gasteiger partial charge in [0.05, 0.1) is 25.7 Å². The summed E-state index contributed by atoms with van der Waals surface area (Å²) in [7, 11) is 0. The van der Waals surface area contributed by atoms with Gasteiger partial charge in [-0.05, 0) is 27.8 Å². The van der Waals surface area contributed by atoms with Crippen molar-refractivity contribution < 1.29 is 9.53 Å². The second-order valence-corrected chi connectivity index (χ2v) is 7.78. The van der Waals surface area contributed by atoms with Crippen molar-refractivity contribution in [1.82, 2.24) is 10.2 Å². The molecule has 2 heterocycles. The van der Waals surface area contributed by atoms with Crippen molar-refractivity contribution >= 4 is 28.0 Å². The maximum Gasteiger partial charge on any atom is 0.224 e. The Bertz CT molecular complexity index is 883. The normalized spacial score (nSPS) is 16.3. The number of ether oxygens (including phenoxy) is 1. The van der Waals surface area contributed by atoms with Gasteiger partial charge in [0.25, 0.3) is 0 Å². The van der Waals surface area contributed by atoms with Gasteiger partial charge in [-0.1, -0.05) is 48.5 Å². The average Bonchev–Trinajstić information content (AvgIpc) is 3.24. The van der Waals surface area contributed by atoms with Gasteiger partial charge in [0.2, 0.25) is 5.91 Å². The molecule has 0 bridgehead atoms. The Morgan fingerprint density at radius 1 is 1.07 bits per heavy atom. The number of fused-ring (bicyclic) bond motifs is 1. The summed E-state index contributed by atoms with van der Waals surface area (Å²) in [6.45, 7) is 3.95. The number of morpholine rings is 1. The Balaban J connectivity index is 1.43. The predicted molar refractivity (Wildman–Crippen MR) is 110 cm³/mol. The molecule has 0 unspecified atom stereocenters. The van der Waals surface area contributed by atoms with Gasteiger partial charge >= 0.3 is 0 Å². The zero-order chi connectivity index (χ0) is 18.5. The van der Waals surface area contributed by atoms with E-state index in [1.807, 2.05) is 24.3 Å². The number of thiophene rings is 1. The highest BCUT2D eigenvalue weighted by Crippen LogP contribution is 2.25. The van der Waals surface area contributed by atoms with E-state index in [1.165, 1.54) is 10.3 Å². The van der Waals surface area contributed by atoms with Crippen LogP contribution in [-0.4, -0.2) is 43.7 Å². The van der Waals surface area contributed by atoms with Crippen molar-refractivity contribution in [2.45, 2.75) is 12.5 Å². The van der Waals surface area contributed by atoms with Gasteiger partial charge in [0.1, 0.15) is 0 Å². The molecule has 4 rings (SSSR count). The summed E-state index contributed by atoms with van der Waals surface area (Å²) in [5.74, 6) is 0.0705. The Hall–Kier alpha value is -2.21. The highest BCUT2D eigenvalue weighted by atomic mass is 32.1. The Labute approximate surface area is 163 Å². The van der Waals surface area contributed by atoms with E-state index in [-0.39, 0.29) is 11.9 Å². The molecule has 3 aromatic rings. The Morgan fingerprint density at radius 2 is 1.89 bits per heavy atom. The van der Waals surface area contributed by atoms with Gasteiger partial charge in [-0.15, -0.1) is 11.3 Å². The SMILES string of the molecule is O=C(Cc1cccc2ccccc12)NC[C@@H](c1cccs1)N1CCOCC1. The average molecular weight is 381 g/mol. The Kier molecular flexibility index (Phi) is 5.82. The van der Waals surface area contributed by atoms with Crippen LogP contribution in [0.3, 0.4) is 0 Å². The molecule has 1 saturated heterocycles. The Morgan fingerprint density at radius 3 is 2.70 bits per heavy atom. The molecule has 1 aliphatic rings. The zero-order valence-electron chi connectivity index (χ0n) is 15.3. The van der Waals surface area contributed by atoms with Gasteiger partial charge in [0.15, 0.2) is 0 Å². The third-order valence-electron chi connectivity index (χ3n) is 5.08. The maximum absolute atomic E-state index is 12.7. The molecule has 5 heteroatoms. The topological polar surface area (TPSA) is 41.6 Å². The van der Waals surface area contributed by atoms with Crippen molar-refractivity contribution in [3.8, 4) is 0 Å². The molecular weight excluding hydrogens is 356 g/mol. The van der Waals surface area contributed by atoms with Crippen LogP contribution in [-0.2, 0) is 16.0 Å². The van der Waals surface area contributed by atoms with E-state index in [9.17, 15) is 4.79 Å². The monoisotopic (exact) mass is 380 g/mol. The van der Waals surface area contributed by atoms with Gasteiger partial charge in [-0.25, -0.2) is 0 Å². The molecular formula is C22H24N2O2S. The molecule has 0 spiro atoms. The number of amides is 1. The van der Waals surface area contributed by atoms with E-state index in [0.717, 1.165) is 37.3 Å². The number of nitrogens with one attached hydrogen (secondary N) is 1. The number of carbonyl (C=O) groups excluding carboxylic acids is 1. The van der Waals surface area contributed by atoms with Crippen LogP contribution in [0.25, 0.3) is 10.8 Å². The molecule has 1 fully saturated rings. The molecule has 1 N–H and O–H groups in total. The van der Waals surface area contributed by atoms with Crippen molar-refractivity contribution in [2.24, 2.45) is 0 Å². The van der Waals surface area contributed by atoms with E-state index in [2.05, 4.69) is 45.9 Å². The molecule has 1 amide bonds. The fraction of sp³-hybridized carbons (Fsp3) is 0.318. The molecule has 2 aromatic carbocycles. The van der Waals surface area contributed by atoms with Crippen molar-refractivity contribution in [2.75, 3.05) is 32.8 Å². The van der Waals surface area contributed by atoms with Crippen LogP contribution in [0, 0.1) is 0 Å². The number of hydrogen-bond acceptors (Lipinski definition) is 4. The van der Waals surface area contributed by atoms with Crippen LogP contribution >= 0.6 is 11.3 Å². The van der Waals surface area contributed by atoms with Gasteiger partial charge in [0, 0.05) is 24.5 Å². The molecule has 0 aliphatic carbocycles. The predicted octanol–water partition coefficient (Wildman–Crippen LogP) is 3.63. The molecule has 27 heavy (non-hydrogen) atoms. The first kappa shape index (κ1) is 18.2. The van der Waals surface area contributed by atoms with Crippen molar-refractivity contribution in [3.05, 3.63) is 70.4 Å². The minimum atomic E-state index is 0.0705. The highest BCUT2D eigenvalue weighted by Gasteiger charge is 2.24. The molecule has 0 radical (unpaired) electrons. The van der Waals surface area contributed by atoms with Gasteiger partial charge in [-0.2, -0.15) is 0 Å². The molecule has 0 saturated carbocycles. The van der Waals surface area contributed by atoms with Crippen LogP contribution in [0.2, 0.25) is 0 Å². The number of rotatable bonds is 6. The zero-order valence-corrected chi connectivity index (χ0v) is 16.1. The quantitative estimate of drug-likeness (QED) is 0.710. The maximum atomic E-state index is 12.7. The summed E-state index contributed by atoms with van der Waals surface area (Å²) < 4.78 is 5.49. The van der Waals surface area contributed by atoms with E-state index < -0.39 is 0 Å². The lowest BCUT2D eigenvalue weighted by Crippen LogP contribution is -2.43. The molecule has 4 nitrogen and oxygen atoms in total. The summed E-state index contributed by atoms with van der Waals surface area (Å²) in [5, 5.41) is 7.59. The van der Waals surface area contributed by atoms with E-state index in [4.69, 9.17) is 4.74 Å². The van der Waals surface area contributed by atoms with Crippen molar-refractivity contribution in [1.29, 1.82) is 0 Å². The first-order valence-corrected chi connectivity index (χ1v) is 10.3. The lowest BCUT2D eigenvalue weighted by molar-refractivity contribution is -0.120. The number of carbonyl (C=O) groups is 1.